The van der Waals surface area contributed by atoms with Gasteiger partial charge in [-0.3, -0.25) is 4.48 Å². The van der Waals surface area contributed by atoms with Gasteiger partial charge in [0, 0.05) is 0 Å². The SMILES string of the molecule is CC(C)=CC[N+]1(CC=C(C)C)CCOC(=O)/C1=C(\C)O. The van der Waals surface area contributed by atoms with Gasteiger partial charge in [-0.2, -0.15) is 0 Å². The van der Waals surface area contributed by atoms with E-state index >= 15 is 0 Å². The number of morpholine rings is 1. The number of hydrogen-bond acceptors (Lipinski definition) is 3. The molecule has 0 unspecified atom stereocenters. The number of ether oxygens (including phenoxy) is 1. The molecule has 0 amide bonds. The van der Waals surface area contributed by atoms with Crippen LogP contribution in [-0.4, -0.2) is 41.8 Å². The van der Waals surface area contributed by atoms with Crippen LogP contribution in [0.4, 0.5) is 0 Å². The van der Waals surface area contributed by atoms with Crippen LogP contribution in [0.5, 0.6) is 0 Å². The second-order valence-corrected chi connectivity index (χ2v) is 5.87. The van der Waals surface area contributed by atoms with Crippen LogP contribution in [0.3, 0.4) is 0 Å². The Morgan fingerprint density at radius 3 is 2.05 bits per heavy atom. The van der Waals surface area contributed by atoms with Gasteiger partial charge in [0.1, 0.15) is 26.2 Å². The average molecular weight is 280 g/mol. The largest absolute Gasteiger partial charge is 0.506 e. The second-order valence-electron chi connectivity index (χ2n) is 5.87. The molecule has 112 valence electrons. The zero-order valence-corrected chi connectivity index (χ0v) is 13.2. The van der Waals surface area contributed by atoms with Gasteiger partial charge in [-0.1, -0.05) is 11.1 Å². The first-order valence-corrected chi connectivity index (χ1v) is 6.99. The third-order valence-corrected chi connectivity index (χ3v) is 3.46. The van der Waals surface area contributed by atoms with E-state index in [0.29, 0.717) is 36.4 Å². The van der Waals surface area contributed by atoms with Crippen molar-refractivity contribution in [1.29, 1.82) is 0 Å². The van der Waals surface area contributed by atoms with Crippen LogP contribution in [0.1, 0.15) is 34.6 Å². The normalized spacial score (nSPS) is 19.9. The summed E-state index contributed by atoms with van der Waals surface area (Å²) in [6, 6.07) is 0. The van der Waals surface area contributed by atoms with Crippen LogP contribution < -0.4 is 0 Å². The van der Waals surface area contributed by atoms with Gasteiger partial charge in [-0.25, -0.2) is 4.79 Å². The summed E-state index contributed by atoms with van der Waals surface area (Å²) in [6.45, 7) is 12.2. The number of carbonyl (C=O) groups excluding carboxylic acids is 1. The Bertz CT molecular complexity index is 440. The van der Waals surface area contributed by atoms with Gasteiger partial charge in [0.05, 0.1) is 0 Å². The summed E-state index contributed by atoms with van der Waals surface area (Å²) in [5.41, 5.74) is 2.79. The molecular formula is C16H26NO3+. The fourth-order valence-corrected chi connectivity index (χ4v) is 2.33. The molecule has 0 aromatic heterocycles. The predicted octanol–water partition coefficient (Wildman–Crippen LogP) is 3.08. The average Bonchev–Trinajstić information content (AvgIpc) is 2.33. The van der Waals surface area contributed by atoms with Gasteiger partial charge < -0.3 is 9.84 Å². The van der Waals surface area contributed by atoms with Crippen molar-refractivity contribution in [3.63, 3.8) is 0 Å². The molecule has 0 radical (unpaired) electrons. The van der Waals surface area contributed by atoms with Gasteiger partial charge in [0.25, 0.3) is 5.70 Å². The lowest BCUT2D eigenvalue weighted by molar-refractivity contribution is -0.882. The van der Waals surface area contributed by atoms with Gasteiger partial charge >= 0.3 is 5.97 Å². The summed E-state index contributed by atoms with van der Waals surface area (Å²) in [4.78, 5) is 12.0. The Labute approximate surface area is 121 Å². The number of rotatable bonds is 4. The lowest BCUT2D eigenvalue weighted by atomic mass is 10.1. The molecule has 0 aliphatic carbocycles. The molecule has 0 bridgehead atoms. The number of allylic oxidation sites excluding steroid dienone is 3. The number of quaternary nitrogens is 1. The molecule has 0 aromatic rings. The van der Waals surface area contributed by atoms with Crippen molar-refractivity contribution in [3.8, 4) is 0 Å². The first-order chi connectivity index (χ1) is 9.28. The van der Waals surface area contributed by atoms with Gasteiger partial charge in [0.15, 0.2) is 5.76 Å². The molecule has 1 aliphatic heterocycles. The van der Waals surface area contributed by atoms with E-state index in [0.717, 1.165) is 0 Å². The molecule has 0 spiro atoms. The summed E-state index contributed by atoms with van der Waals surface area (Å²) < 4.78 is 5.53. The molecule has 4 heteroatoms. The molecule has 1 saturated heterocycles. The molecule has 4 nitrogen and oxygen atoms in total. The third kappa shape index (κ3) is 3.97. The number of esters is 1. The zero-order valence-electron chi connectivity index (χ0n) is 13.2. The Morgan fingerprint density at radius 2 is 1.65 bits per heavy atom. The van der Waals surface area contributed by atoms with Crippen molar-refractivity contribution < 1.29 is 19.1 Å². The Hall–Kier alpha value is -1.55. The first-order valence-electron chi connectivity index (χ1n) is 6.99. The van der Waals surface area contributed by atoms with Crippen molar-refractivity contribution in [1.82, 2.24) is 0 Å². The van der Waals surface area contributed by atoms with E-state index < -0.39 is 5.97 Å². The standard InChI is InChI=1S/C16H25NO3/c1-12(2)6-8-17(9-7-13(3)4)10-11-20-16(19)15(17)14(5)18/h6-7H,8-11H2,1-5H3/p+1. The van der Waals surface area contributed by atoms with E-state index in [-0.39, 0.29) is 5.76 Å². The molecule has 20 heavy (non-hydrogen) atoms. The third-order valence-electron chi connectivity index (χ3n) is 3.46. The van der Waals surface area contributed by atoms with Crippen molar-refractivity contribution in [2.75, 3.05) is 26.2 Å². The number of hydrogen-bond donors (Lipinski definition) is 1. The van der Waals surface area contributed by atoms with E-state index in [1.54, 1.807) is 6.92 Å². The molecule has 1 aliphatic rings. The van der Waals surface area contributed by atoms with E-state index in [1.165, 1.54) is 11.1 Å². The van der Waals surface area contributed by atoms with Gasteiger partial charge in [-0.05, 0) is 46.8 Å². The van der Waals surface area contributed by atoms with E-state index in [4.69, 9.17) is 4.74 Å². The maximum absolute atomic E-state index is 12.0. The Kier molecular flexibility index (Phi) is 5.57. The van der Waals surface area contributed by atoms with Crippen LogP contribution in [0, 0.1) is 0 Å². The summed E-state index contributed by atoms with van der Waals surface area (Å²) in [6.07, 6.45) is 4.22. The summed E-state index contributed by atoms with van der Waals surface area (Å²) in [5.74, 6) is -0.348. The molecule has 1 rings (SSSR count). The van der Waals surface area contributed by atoms with Crippen LogP contribution >= 0.6 is 0 Å². The lowest BCUT2D eigenvalue weighted by Crippen LogP contribution is -2.55. The Morgan fingerprint density at radius 1 is 1.15 bits per heavy atom. The van der Waals surface area contributed by atoms with E-state index in [9.17, 15) is 9.90 Å². The topological polar surface area (TPSA) is 46.5 Å². The molecule has 1 heterocycles. The van der Waals surface area contributed by atoms with Crippen LogP contribution in [-0.2, 0) is 9.53 Å². The molecule has 0 saturated carbocycles. The first kappa shape index (κ1) is 16.5. The monoisotopic (exact) mass is 280 g/mol. The number of carbonyl (C=O) groups is 1. The smallest absolute Gasteiger partial charge is 0.396 e. The summed E-state index contributed by atoms with van der Waals surface area (Å²) in [7, 11) is 0. The van der Waals surface area contributed by atoms with E-state index in [2.05, 4.69) is 12.2 Å². The number of cyclic esters (lactones) is 1. The molecule has 1 fully saturated rings. The highest BCUT2D eigenvalue weighted by Crippen LogP contribution is 2.26. The van der Waals surface area contributed by atoms with Gasteiger partial charge in [-0.15, -0.1) is 0 Å². The quantitative estimate of drug-likeness (QED) is 0.283. The zero-order chi connectivity index (χ0) is 15.3. The maximum atomic E-state index is 12.0. The minimum absolute atomic E-state index is 0.0546. The predicted molar refractivity (Wildman–Crippen MR) is 80.0 cm³/mol. The highest BCUT2D eigenvalue weighted by Gasteiger charge is 2.42. The van der Waals surface area contributed by atoms with Crippen LogP contribution in [0.15, 0.2) is 34.8 Å². The van der Waals surface area contributed by atoms with Crippen molar-refractivity contribution in [2.45, 2.75) is 34.6 Å². The highest BCUT2D eigenvalue weighted by atomic mass is 16.5. The van der Waals surface area contributed by atoms with Crippen LogP contribution in [0.25, 0.3) is 0 Å². The van der Waals surface area contributed by atoms with E-state index in [1.807, 2.05) is 27.7 Å². The molecule has 1 N–H and O–H groups in total. The molecule has 0 atom stereocenters. The second kappa shape index (κ2) is 6.75. The minimum atomic E-state index is -0.402. The summed E-state index contributed by atoms with van der Waals surface area (Å²) >= 11 is 0. The van der Waals surface area contributed by atoms with Crippen LogP contribution in [0.2, 0.25) is 0 Å². The van der Waals surface area contributed by atoms with Gasteiger partial charge in [0.2, 0.25) is 0 Å². The fourth-order valence-electron chi connectivity index (χ4n) is 2.33. The van der Waals surface area contributed by atoms with Crippen molar-refractivity contribution in [2.24, 2.45) is 0 Å². The number of nitrogens with zero attached hydrogens (tertiary/aromatic N) is 1. The Balaban J connectivity index is 3.25. The maximum Gasteiger partial charge on any atom is 0.396 e. The summed E-state index contributed by atoms with van der Waals surface area (Å²) in [5, 5.41) is 9.94. The fraction of sp³-hybridized carbons (Fsp3) is 0.562. The minimum Gasteiger partial charge on any atom is -0.506 e. The highest BCUT2D eigenvalue weighted by molar-refractivity contribution is 5.87. The molecule has 0 aromatic carbocycles. The van der Waals surface area contributed by atoms with Crippen molar-refractivity contribution in [3.05, 3.63) is 34.8 Å². The lowest BCUT2D eigenvalue weighted by Gasteiger charge is -2.40. The molecular weight excluding hydrogens is 254 g/mol. The number of aliphatic hydroxyl groups is 1. The number of aliphatic hydroxyl groups excluding tert-OH is 1. The van der Waals surface area contributed by atoms with Crippen molar-refractivity contribution >= 4 is 5.97 Å².